The zero-order chi connectivity index (χ0) is 28.4. The topological polar surface area (TPSA) is 108 Å². The number of hydrogen-bond donors (Lipinski definition) is 2. The van der Waals surface area contributed by atoms with Crippen molar-refractivity contribution >= 4 is 45.8 Å². The summed E-state index contributed by atoms with van der Waals surface area (Å²) in [4.78, 5) is 29.4. The average Bonchev–Trinajstić information content (AvgIpc) is 2.96. The van der Waals surface area contributed by atoms with Crippen LogP contribution in [0.1, 0.15) is 39.9 Å². The van der Waals surface area contributed by atoms with Crippen molar-refractivity contribution in [2.75, 3.05) is 54.4 Å². The Morgan fingerprint density at radius 2 is 1.57 bits per heavy atom. The molecule has 3 aromatic rings. The van der Waals surface area contributed by atoms with Crippen molar-refractivity contribution in [2.45, 2.75) is 44.6 Å². The van der Waals surface area contributed by atoms with E-state index in [1.165, 1.54) is 0 Å². The van der Waals surface area contributed by atoms with Crippen LogP contribution in [0.2, 0.25) is 5.02 Å². The van der Waals surface area contributed by atoms with Crippen LogP contribution in [0.15, 0.2) is 47.6 Å². The summed E-state index contributed by atoms with van der Waals surface area (Å²) in [5.74, 6) is 1.51. The maximum absolute atomic E-state index is 13.8. The molecule has 1 unspecified atom stereocenters. The van der Waals surface area contributed by atoms with E-state index in [0.717, 1.165) is 59.7 Å². The molecule has 4 heterocycles. The lowest BCUT2D eigenvalue weighted by Gasteiger charge is -2.37. The predicted octanol–water partition coefficient (Wildman–Crippen LogP) is 4.08. The fraction of sp³-hybridized carbons (Fsp3) is 0.414. The van der Waals surface area contributed by atoms with Gasteiger partial charge < -0.3 is 20.0 Å². The summed E-state index contributed by atoms with van der Waals surface area (Å²) in [5.41, 5.74) is 4.93. The molecule has 0 bridgehead atoms. The molecule has 2 aliphatic heterocycles. The number of pyridine rings is 2. The van der Waals surface area contributed by atoms with Crippen molar-refractivity contribution in [1.29, 1.82) is 0 Å². The molecule has 2 aliphatic rings. The lowest BCUT2D eigenvalue weighted by atomic mass is 9.94. The van der Waals surface area contributed by atoms with Crippen LogP contribution < -0.4 is 20.3 Å². The van der Waals surface area contributed by atoms with E-state index < -0.39 is 11.0 Å². The Bertz CT molecular complexity index is 1420. The second kappa shape index (κ2) is 12.1. The smallest absolute Gasteiger partial charge is 0.254 e. The summed E-state index contributed by atoms with van der Waals surface area (Å²) in [6.45, 7) is 10.2. The second-order valence-corrected chi connectivity index (χ2v) is 11.9. The fourth-order valence-corrected chi connectivity index (χ4v) is 6.66. The molecule has 5 rings (SSSR count). The monoisotopic (exact) mass is 581 g/mol. The van der Waals surface area contributed by atoms with Gasteiger partial charge in [0.1, 0.15) is 22.6 Å². The normalized spacial score (nSPS) is 17.2. The number of piperazine rings is 1. The number of carbonyl (C=O) groups is 1. The lowest BCUT2D eigenvalue weighted by molar-refractivity contribution is 0.0745. The third-order valence-electron chi connectivity index (χ3n) is 7.90. The van der Waals surface area contributed by atoms with Gasteiger partial charge in [0.05, 0.1) is 9.92 Å². The van der Waals surface area contributed by atoms with Gasteiger partial charge in [0.15, 0.2) is 0 Å². The molecule has 2 saturated heterocycles. The lowest BCUT2D eigenvalue weighted by Crippen LogP contribution is -2.49. The van der Waals surface area contributed by atoms with Crippen LogP contribution in [-0.4, -0.2) is 70.3 Å². The Labute approximate surface area is 243 Å². The van der Waals surface area contributed by atoms with Crippen LogP contribution in [-0.2, 0) is 11.0 Å². The van der Waals surface area contributed by atoms with Gasteiger partial charge in [0.2, 0.25) is 0 Å². The van der Waals surface area contributed by atoms with Crippen LogP contribution >= 0.6 is 11.6 Å². The molecular weight excluding hydrogens is 546 g/mol. The standard InChI is InChI=1S/C29H36ClN7O2S/c1-19-18-20(2)26(34-22-8-12-35(13-9-22)27-23(30)6-4-10-32-27)21(3)25(19)29(38)37-16-14-36(15-17-37)28-24(40(31)39)7-5-11-33-28/h4-7,10-11,18,22,34H,8-9,12-17,31H2,1-3H3. The Morgan fingerprint density at radius 1 is 0.950 bits per heavy atom. The van der Waals surface area contributed by atoms with Crippen LogP contribution in [0.5, 0.6) is 0 Å². The molecule has 3 N–H and O–H groups in total. The number of halogens is 1. The average molecular weight is 582 g/mol. The van der Waals surface area contributed by atoms with E-state index in [4.69, 9.17) is 16.7 Å². The summed E-state index contributed by atoms with van der Waals surface area (Å²) in [6.07, 6.45) is 5.36. The Kier molecular flexibility index (Phi) is 8.58. The molecule has 1 atom stereocenters. The van der Waals surface area contributed by atoms with Gasteiger partial charge in [-0.1, -0.05) is 17.7 Å². The molecule has 11 heteroatoms. The first kappa shape index (κ1) is 28.3. The summed E-state index contributed by atoms with van der Waals surface area (Å²) >= 11 is 6.37. The van der Waals surface area contributed by atoms with Gasteiger partial charge in [-0.3, -0.25) is 4.79 Å². The van der Waals surface area contributed by atoms with Crippen LogP contribution in [0, 0.1) is 20.8 Å². The number of benzene rings is 1. The Hall–Kier alpha value is -3.21. The Morgan fingerprint density at radius 3 is 2.23 bits per heavy atom. The van der Waals surface area contributed by atoms with Crippen molar-refractivity contribution in [1.82, 2.24) is 14.9 Å². The first-order valence-corrected chi connectivity index (χ1v) is 15.2. The third kappa shape index (κ3) is 5.80. The maximum atomic E-state index is 13.8. The van der Waals surface area contributed by atoms with E-state index in [1.807, 2.05) is 30.9 Å². The number of piperidine rings is 1. The number of hydrogen-bond acceptors (Lipinski definition) is 7. The zero-order valence-corrected chi connectivity index (χ0v) is 24.8. The maximum Gasteiger partial charge on any atom is 0.254 e. The van der Waals surface area contributed by atoms with Gasteiger partial charge in [-0.2, -0.15) is 0 Å². The largest absolute Gasteiger partial charge is 0.382 e. The number of amides is 1. The number of rotatable bonds is 6. The molecule has 1 aromatic carbocycles. The third-order valence-corrected chi connectivity index (χ3v) is 8.95. The molecule has 2 aromatic heterocycles. The minimum absolute atomic E-state index is 0.0426. The van der Waals surface area contributed by atoms with Gasteiger partial charge in [-0.05, 0) is 74.6 Å². The Balaban J connectivity index is 1.27. The van der Waals surface area contributed by atoms with Gasteiger partial charge in [-0.25, -0.2) is 19.3 Å². The van der Waals surface area contributed by atoms with Gasteiger partial charge in [0, 0.05) is 69.0 Å². The first-order valence-electron chi connectivity index (χ1n) is 13.6. The predicted molar refractivity (Wildman–Crippen MR) is 162 cm³/mol. The highest BCUT2D eigenvalue weighted by molar-refractivity contribution is 7.82. The number of carbonyl (C=O) groups excluding carboxylic acids is 1. The minimum atomic E-state index is -1.62. The molecule has 0 saturated carbocycles. The fourth-order valence-electron chi connectivity index (χ4n) is 5.84. The molecule has 40 heavy (non-hydrogen) atoms. The quantitative estimate of drug-likeness (QED) is 0.451. The minimum Gasteiger partial charge on any atom is -0.382 e. The summed E-state index contributed by atoms with van der Waals surface area (Å²) in [6, 6.07) is 9.61. The van der Waals surface area contributed by atoms with E-state index in [9.17, 15) is 9.00 Å². The van der Waals surface area contributed by atoms with Crippen molar-refractivity contribution < 1.29 is 9.00 Å². The molecule has 0 aliphatic carbocycles. The molecule has 2 fully saturated rings. The van der Waals surface area contributed by atoms with E-state index in [-0.39, 0.29) is 5.91 Å². The van der Waals surface area contributed by atoms with Gasteiger partial charge in [0.25, 0.3) is 5.91 Å². The number of nitrogens with two attached hydrogens (primary N) is 1. The van der Waals surface area contributed by atoms with E-state index in [2.05, 4.69) is 38.1 Å². The molecule has 212 valence electrons. The molecular formula is C29H36ClN7O2S. The highest BCUT2D eigenvalue weighted by Gasteiger charge is 2.29. The second-order valence-electron chi connectivity index (χ2n) is 10.5. The van der Waals surface area contributed by atoms with Crippen molar-refractivity contribution in [2.24, 2.45) is 5.14 Å². The van der Waals surface area contributed by atoms with Crippen molar-refractivity contribution in [3.05, 3.63) is 70.0 Å². The number of nitrogens with one attached hydrogen (secondary N) is 1. The first-order chi connectivity index (χ1) is 19.2. The summed E-state index contributed by atoms with van der Waals surface area (Å²) < 4.78 is 12.0. The van der Waals surface area contributed by atoms with Crippen molar-refractivity contribution in [3.8, 4) is 0 Å². The number of anilines is 3. The number of aryl methyl sites for hydroxylation is 2. The van der Waals surface area contributed by atoms with E-state index in [0.29, 0.717) is 48.0 Å². The molecule has 0 radical (unpaired) electrons. The van der Waals surface area contributed by atoms with Crippen LogP contribution in [0.25, 0.3) is 0 Å². The molecule has 1 amide bonds. The SMILES string of the molecule is Cc1cc(C)c(C(=O)N2CCN(c3ncccc3S(N)=O)CC2)c(C)c1NC1CCN(c2ncccc2Cl)CC1. The van der Waals surface area contributed by atoms with Gasteiger partial charge >= 0.3 is 0 Å². The molecule has 0 spiro atoms. The van der Waals surface area contributed by atoms with Crippen LogP contribution in [0.3, 0.4) is 0 Å². The zero-order valence-electron chi connectivity index (χ0n) is 23.2. The number of nitrogens with zero attached hydrogens (tertiary/aromatic N) is 5. The number of aromatic nitrogens is 2. The van der Waals surface area contributed by atoms with E-state index in [1.54, 1.807) is 24.5 Å². The summed E-state index contributed by atoms with van der Waals surface area (Å²) in [7, 11) is -1.62. The van der Waals surface area contributed by atoms with Gasteiger partial charge in [-0.15, -0.1) is 0 Å². The van der Waals surface area contributed by atoms with E-state index >= 15 is 0 Å². The van der Waals surface area contributed by atoms with Crippen molar-refractivity contribution in [3.63, 3.8) is 0 Å². The van der Waals surface area contributed by atoms with Crippen LogP contribution in [0.4, 0.5) is 17.3 Å². The molecule has 9 nitrogen and oxygen atoms in total. The highest BCUT2D eigenvalue weighted by Crippen LogP contribution is 2.32. The summed E-state index contributed by atoms with van der Waals surface area (Å²) in [5, 5.41) is 10.1. The highest BCUT2D eigenvalue weighted by atomic mass is 35.5.